The Bertz CT molecular complexity index is 1750. The third-order valence-electron chi connectivity index (χ3n) is 8.80. The molecule has 232 valence electrons. The molecule has 0 spiro atoms. The van der Waals surface area contributed by atoms with Crippen LogP contribution in [-0.4, -0.2) is 37.4 Å². The van der Waals surface area contributed by atoms with Crippen molar-refractivity contribution in [1.29, 1.82) is 0 Å². The molecule has 3 heterocycles. The molecule has 46 heavy (non-hydrogen) atoms. The molecule has 7 heteroatoms. The lowest BCUT2D eigenvalue weighted by Gasteiger charge is -2.43. The summed E-state index contributed by atoms with van der Waals surface area (Å²) < 4.78 is 11.5. The number of thioether (sulfide) groups is 1. The molecule has 0 radical (unpaired) electrons. The molecule has 0 unspecified atom stereocenters. The molecule has 0 aliphatic carbocycles. The first-order chi connectivity index (χ1) is 22.6. The Morgan fingerprint density at radius 2 is 1.54 bits per heavy atom. The average Bonchev–Trinajstić information content (AvgIpc) is 3.43. The summed E-state index contributed by atoms with van der Waals surface area (Å²) in [4.78, 5) is 21.3. The van der Waals surface area contributed by atoms with E-state index in [1.54, 1.807) is 6.08 Å². The third-order valence-corrected chi connectivity index (χ3v) is 9.71. The number of carbonyl (C=O) groups excluding carboxylic acids is 1. The summed E-state index contributed by atoms with van der Waals surface area (Å²) in [5.41, 5.74) is 8.38. The maximum Gasteiger partial charge on any atom is 0.264 e. The van der Waals surface area contributed by atoms with Crippen LogP contribution >= 0.6 is 11.8 Å². The van der Waals surface area contributed by atoms with Gasteiger partial charge < -0.3 is 19.7 Å². The van der Waals surface area contributed by atoms with E-state index >= 15 is 0 Å². The Kier molecular flexibility index (Phi) is 8.66. The van der Waals surface area contributed by atoms with Gasteiger partial charge in [0.15, 0.2) is 16.7 Å². The molecule has 6 nitrogen and oxygen atoms in total. The van der Waals surface area contributed by atoms with Gasteiger partial charge >= 0.3 is 0 Å². The Morgan fingerprint density at radius 1 is 0.891 bits per heavy atom. The predicted molar refractivity (Wildman–Crippen MR) is 189 cm³/mol. The molecule has 1 amide bonds. The predicted octanol–water partition coefficient (Wildman–Crippen LogP) is 8.42. The lowest BCUT2D eigenvalue weighted by molar-refractivity contribution is -0.115. The minimum atomic E-state index is -0.163. The van der Waals surface area contributed by atoms with Gasteiger partial charge in [0.1, 0.15) is 6.61 Å². The van der Waals surface area contributed by atoms with Crippen molar-refractivity contribution >= 4 is 40.3 Å². The van der Waals surface area contributed by atoms with E-state index in [4.69, 9.17) is 14.5 Å². The Hall–Kier alpha value is -4.75. The van der Waals surface area contributed by atoms with E-state index in [1.807, 2.05) is 31.2 Å². The molecule has 0 saturated carbocycles. The maximum absolute atomic E-state index is 13.1. The summed E-state index contributed by atoms with van der Waals surface area (Å²) in [6, 6.07) is 31.8. The van der Waals surface area contributed by atoms with E-state index in [1.165, 1.54) is 39.7 Å². The summed E-state index contributed by atoms with van der Waals surface area (Å²) in [6.07, 6.45) is 5.69. The first-order valence-electron chi connectivity index (χ1n) is 15.9. The van der Waals surface area contributed by atoms with Gasteiger partial charge in [-0.1, -0.05) is 79.4 Å². The zero-order valence-corrected chi connectivity index (χ0v) is 26.8. The number of rotatable bonds is 9. The monoisotopic (exact) mass is 627 g/mol. The van der Waals surface area contributed by atoms with E-state index in [-0.39, 0.29) is 5.91 Å². The fourth-order valence-corrected chi connectivity index (χ4v) is 7.65. The molecule has 0 bridgehead atoms. The van der Waals surface area contributed by atoms with Gasteiger partial charge in [-0.15, -0.1) is 0 Å². The Morgan fingerprint density at radius 3 is 2.15 bits per heavy atom. The quantitative estimate of drug-likeness (QED) is 0.149. The van der Waals surface area contributed by atoms with Crippen LogP contribution in [0.4, 0.5) is 11.4 Å². The van der Waals surface area contributed by atoms with Crippen molar-refractivity contribution < 1.29 is 14.3 Å². The zero-order chi connectivity index (χ0) is 31.5. The highest BCUT2D eigenvalue weighted by atomic mass is 32.2. The van der Waals surface area contributed by atoms with Crippen molar-refractivity contribution in [2.24, 2.45) is 4.99 Å². The number of benzene rings is 4. The molecule has 4 aromatic rings. The second-order valence-corrected chi connectivity index (χ2v) is 12.7. The van der Waals surface area contributed by atoms with Crippen molar-refractivity contribution in [2.45, 2.75) is 31.6 Å². The van der Waals surface area contributed by atoms with Crippen LogP contribution in [0.25, 0.3) is 6.08 Å². The normalized spacial score (nSPS) is 20.4. The van der Waals surface area contributed by atoms with Crippen molar-refractivity contribution in [3.63, 3.8) is 0 Å². The largest absolute Gasteiger partial charge is 0.490 e. The topological polar surface area (TPSA) is 63.2 Å². The molecule has 3 aliphatic heterocycles. The number of amidine groups is 1. The van der Waals surface area contributed by atoms with E-state index < -0.39 is 0 Å². The number of hydrogen-bond donors (Lipinski definition) is 1. The number of hydrogen-bond acceptors (Lipinski definition) is 6. The maximum atomic E-state index is 13.1. The molecule has 4 aromatic carbocycles. The molecule has 1 fully saturated rings. The first-order valence-corrected chi connectivity index (χ1v) is 16.8. The van der Waals surface area contributed by atoms with Gasteiger partial charge in [0.2, 0.25) is 0 Å². The number of nitrogens with one attached hydrogen (secondary N) is 1. The number of ether oxygens (including phenoxy) is 2. The first kappa shape index (κ1) is 29.9. The van der Waals surface area contributed by atoms with Gasteiger partial charge in [-0.05, 0) is 89.7 Å². The van der Waals surface area contributed by atoms with Crippen LogP contribution in [0, 0.1) is 0 Å². The van der Waals surface area contributed by atoms with Crippen LogP contribution in [0.15, 0.2) is 114 Å². The van der Waals surface area contributed by atoms with Crippen molar-refractivity contribution in [3.8, 4) is 11.5 Å². The lowest BCUT2D eigenvalue weighted by Crippen LogP contribution is -2.37. The smallest absolute Gasteiger partial charge is 0.264 e. The Labute approximate surface area is 274 Å². The summed E-state index contributed by atoms with van der Waals surface area (Å²) in [7, 11) is 0. The van der Waals surface area contributed by atoms with Crippen molar-refractivity contribution in [2.75, 3.05) is 31.2 Å². The van der Waals surface area contributed by atoms with Gasteiger partial charge in [-0.3, -0.25) is 4.79 Å². The highest BCUT2D eigenvalue weighted by Gasteiger charge is 2.35. The lowest BCUT2D eigenvalue weighted by atomic mass is 9.76. The number of amides is 1. The van der Waals surface area contributed by atoms with Crippen LogP contribution < -0.4 is 19.7 Å². The second-order valence-electron chi connectivity index (χ2n) is 11.7. The molecule has 3 aliphatic rings. The van der Waals surface area contributed by atoms with Crippen LogP contribution in [-0.2, 0) is 4.79 Å². The average molecular weight is 628 g/mol. The number of anilines is 1. The van der Waals surface area contributed by atoms with Gasteiger partial charge in [-0.25, -0.2) is 4.99 Å². The van der Waals surface area contributed by atoms with E-state index in [0.717, 1.165) is 37.2 Å². The molecular formula is C39H37N3O3S. The van der Waals surface area contributed by atoms with Crippen molar-refractivity contribution in [1.82, 2.24) is 5.32 Å². The van der Waals surface area contributed by atoms with Gasteiger partial charge in [-0.2, -0.15) is 0 Å². The molecule has 2 atom stereocenters. The fourth-order valence-electron chi connectivity index (χ4n) is 6.80. The minimum absolute atomic E-state index is 0.163. The standard InChI is InChI=1S/C39H37N3O3S/c1-3-21-45-34-16-15-26(22-35(34)44-4-2)23-36-38(43)41-39(46-36)40-29-24-32-30(27-11-7-5-8-12-27)17-19-42-20-18-31(33(25-29)37(32)42)28-13-9-6-10-14-28/h3,5-16,22-25,30-31H,1,4,17-21H2,2H3,(H,40,41,43)/b36-23-/t30-,31-/m1/s1. The molecule has 0 aromatic heterocycles. The molecule has 1 saturated heterocycles. The SMILES string of the molecule is C=CCOc1ccc(/C=C2\SC(=Nc3cc4c5c(c3)[C@@H](c3ccccc3)CCN5CC[C@@H]4c3ccccc3)NC2=O)cc1OCC. The van der Waals surface area contributed by atoms with E-state index in [0.29, 0.717) is 46.6 Å². The summed E-state index contributed by atoms with van der Waals surface area (Å²) in [5, 5.41) is 3.59. The second kappa shape index (κ2) is 13.3. The van der Waals surface area contributed by atoms with Gasteiger partial charge in [0.05, 0.1) is 17.2 Å². The third kappa shape index (κ3) is 6.07. The van der Waals surface area contributed by atoms with Gasteiger partial charge in [0.25, 0.3) is 5.91 Å². The number of nitrogens with zero attached hydrogens (tertiary/aromatic N) is 2. The van der Waals surface area contributed by atoms with E-state index in [9.17, 15) is 4.79 Å². The van der Waals surface area contributed by atoms with E-state index in [2.05, 4.69) is 89.6 Å². The van der Waals surface area contributed by atoms with Crippen LogP contribution in [0.1, 0.15) is 59.4 Å². The van der Waals surface area contributed by atoms with Crippen LogP contribution in [0.2, 0.25) is 0 Å². The summed E-state index contributed by atoms with van der Waals surface area (Å²) in [6.45, 7) is 8.63. The van der Waals surface area contributed by atoms with Crippen molar-refractivity contribution in [3.05, 3.63) is 136 Å². The van der Waals surface area contributed by atoms with Crippen LogP contribution in [0.5, 0.6) is 11.5 Å². The molecule has 1 N–H and O–H groups in total. The summed E-state index contributed by atoms with van der Waals surface area (Å²) in [5.74, 6) is 1.70. The minimum Gasteiger partial charge on any atom is -0.490 e. The highest BCUT2D eigenvalue weighted by Crippen LogP contribution is 2.50. The highest BCUT2D eigenvalue weighted by molar-refractivity contribution is 8.18. The summed E-state index contributed by atoms with van der Waals surface area (Å²) >= 11 is 1.36. The molecular weight excluding hydrogens is 591 g/mol. The fraction of sp³-hybridized carbons (Fsp3) is 0.231. The zero-order valence-electron chi connectivity index (χ0n) is 25.9. The molecule has 7 rings (SSSR count). The number of carbonyl (C=O) groups is 1. The van der Waals surface area contributed by atoms with Gasteiger partial charge in [0, 0.05) is 30.6 Å². The number of aliphatic imine (C=N–C) groups is 1. The van der Waals surface area contributed by atoms with Crippen LogP contribution in [0.3, 0.4) is 0 Å². The Balaban J connectivity index is 1.25.